The van der Waals surface area contributed by atoms with Gasteiger partial charge < -0.3 is 9.68 Å². The van der Waals surface area contributed by atoms with Crippen LogP contribution in [0.15, 0.2) is 137 Å². The minimum Gasteiger partial charge on any atom is -0.355 e. The van der Waals surface area contributed by atoms with Crippen LogP contribution in [0.5, 0.6) is 0 Å². The van der Waals surface area contributed by atoms with Crippen molar-refractivity contribution in [3.8, 4) is 0 Å². The molecule has 5 aromatic carbocycles. The molecule has 1 saturated heterocycles. The Morgan fingerprint density at radius 1 is 0.755 bits per heavy atom. The Balaban J connectivity index is 1.54. The summed E-state index contributed by atoms with van der Waals surface area (Å²) < 4.78 is 0. The topological polar surface area (TPSA) is 63.5 Å². The minimum absolute atomic E-state index is 0.475. The first-order valence-corrected chi connectivity index (χ1v) is 16.8. The van der Waals surface area contributed by atoms with E-state index in [1.54, 1.807) is 0 Å². The van der Waals surface area contributed by atoms with Crippen LogP contribution in [0.3, 0.4) is 0 Å². The van der Waals surface area contributed by atoms with Crippen LogP contribution in [-0.4, -0.2) is 22.4 Å². The average molecular weight is 685 g/mol. The second-order valence-electron chi connectivity index (χ2n) is 12.7. The van der Waals surface area contributed by atoms with Gasteiger partial charge in [-0.05, 0) is 73.4 Å². The van der Waals surface area contributed by atoms with Crippen LogP contribution in [-0.2, 0) is 20.2 Å². The van der Waals surface area contributed by atoms with Gasteiger partial charge in [0, 0.05) is 32.3 Å². The fraction of sp³-hybridized carbons (Fsp3) is 0.146. The minimum atomic E-state index is -1.50. The van der Waals surface area contributed by atoms with Gasteiger partial charge in [-0.15, -0.1) is 0 Å². The van der Waals surface area contributed by atoms with Gasteiger partial charge in [-0.1, -0.05) is 136 Å². The van der Waals surface area contributed by atoms with Crippen LogP contribution in [0.2, 0.25) is 10.0 Å². The fourth-order valence-corrected chi connectivity index (χ4v) is 8.06. The number of aryl methyl sites for hydroxylation is 3. The quantitative estimate of drug-likeness (QED) is 0.173. The molecule has 0 bridgehead atoms. The molecule has 5 aromatic rings. The van der Waals surface area contributed by atoms with E-state index in [0.29, 0.717) is 27.2 Å². The van der Waals surface area contributed by atoms with E-state index in [4.69, 9.17) is 38.0 Å². The molecule has 0 amide bonds. The molecule has 0 aliphatic carbocycles. The second-order valence-corrected chi connectivity index (χ2v) is 13.6. The van der Waals surface area contributed by atoms with Gasteiger partial charge in [0.1, 0.15) is 5.71 Å². The Kier molecular flexibility index (Phi) is 7.47. The van der Waals surface area contributed by atoms with E-state index in [0.717, 1.165) is 44.5 Å². The number of rotatable bonds is 5. The molecule has 3 aliphatic heterocycles. The number of nitrogens with zero attached hydrogens (tertiary/aromatic N) is 3. The van der Waals surface area contributed by atoms with Crippen molar-refractivity contribution in [1.29, 1.82) is 0 Å². The Hall–Kier alpha value is -5.17. The zero-order valence-electron chi connectivity index (χ0n) is 27.0. The summed E-state index contributed by atoms with van der Waals surface area (Å²) in [4.78, 5) is 29.8. The predicted molar refractivity (Wildman–Crippen MR) is 193 cm³/mol. The molecule has 6 nitrogen and oxygen atoms in total. The molecule has 0 radical (unpaired) electrons. The number of oxime groups is 2. The number of amidine groups is 1. The summed E-state index contributed by atoms with van der Waals surface area (Å²) in [5.41, 5.74) is 5.49. The van der Waals surface area contributed by atoms with Crippen molar-refractivity contribution in [2.45, 2.75) is 32.5 Å². The molecule has 242 valence electrons. The van der Waals surface area contributed by atoms with E-state index in [1.165, 1.54) is 0 Å². The van der Waals surface area contributed by atoms with E-state index in [9.17, 15) is 4.79 Å². The summed E-state index contributed by atoms with van der Waals surface area (Å²) >= 11 is 12.8. The summed E-state index contributed by atoms with van der Waals surface area (Å²) in [6, 6.07) is 38.2. The molecule has 1 fully saturated rings. The highest BCUT2D eigenvalue weighted by atomic mass is 35.5. The molecule has 3 aliphatic rings. The van der Waals surface area contributed by atoms with Crippen molar-refractivity contribution < 1.29 is 14.5 Å². The highest BCUT2D eigenvalue weighted by molar-refractivity contribution is 6.31. The lowest BCUT2D eigenvalue weighted by atomic mass is 9.66. The van der Waals surface area contributed by atoms with Gasteiger partial charge in [0.25, 0.3) is 5.72 Å². The Morgan fingerprint density at radius 2 is 1.35 bits per heavy atom. The Labute approximate surface area is 294 Å². The molecular formula is C41H31Cl2N3O3. The molecule has 0 saturated carbocycles. The molecule has 49 heavy (non-hydrogen) atoms. The summed E-state index contributed by atoms with van der Waals surface area (Å²) in [5, 5.41) is 10.7. The zero-order chi connectivity index (χ0) is 33.9. The van der Waals surface area contributed by atoms with Gasteiger partial charge in [0.15, 0.2) is 11.3 Å². The maximum Gasteiger partial charge on any atom is 0.354 e. The molecule has 0 aromatic heterocycles. The van der Waals surface area contributed by atoms with Crippen LogP contribution in [0.1, 0.15) is 50.5 Å². The number of carbonyl (C=O) groups excluding carboxylic acids is 1. The van der Waals surface area contributed by atoms with E-state index in [1.807, 2.05) is 115 Å². The van der Waals surface area contributed by atoms with Crippen molar-refractivity contribution in [2.24, 2.45) is 15.7 Å². The zero-order valence-corrected chi connectivity index (χ0v) is 28.5. The third-order valence-corrected chi connectivity index (χ3v) is 10.2. The van der Waals surface area contributed by atoms with Gasteiger partial charge in [0.05, 0.1) is 6.04 Å². The normalized spacial score (nSPS) is 23.4. The summed E-state index contributed by atoms with van der Waals surface area (Å²) in [6.45, 7) is 6.24. The van der Waals surface area contributed by atoms with Crippen LogP contribution < -0.4 is 0 Å². The van der Waals surface area contributed by atoms with E-state index >= 15 is 0 Å². The Bertz CT molecular complexity index is 2180. The van der Waals surface area contributed by atoms with Crippen molar-refractivity contribution in [2.75, 3.05) is 0 Å². The fourth-order valence-electron chi connectivity index (χ4n) is 7.81. The maximum atomic E-state index is 15.0. The van der Waals surface area contributed by atoms with Crippen LogP contribution in [0, 0.1) is 26.2 Å². The van der Waals surface area contributed by atoms with Crippen molar-refractivity contribution >= 4 is 46.8 Å². The van der Waals surface area contributed by atoms with Gasteiger partial charge in [-0.3, -0.25) is 4.90 Å². The van der Waals surface area contributed by atoms with Crippen LogP contribution >= 0.6 is 23.2 Å². The number of halogens is 2. The first kappa shape index (κ1) is 31.1. The lowest BCUT2D eigenvalue weighted by Gasteiger charge is -2.36. The lowest BCUT2D eigenvalue weighted by Crippen LogP contribution is -2.45. The largest absolute Gasteiger partial charge is 0.355 e. The van der Waals surface area contributed by atoms with E-state index < -0.39 is 23.2 Å². The molecule has 8 rings (SSSR count). The SMILES string of the molecule is Cc1cc(C)c(C2=NO[C@@]3(c4ccccc4)/C(=C/c4ccc(Cl)cc4)[C@@]4(C(=O)ON=C4c4ccccc4)[C@@H](c4ccc(Cl)cc4)N23)c(C)c1. The lowest BCUT2D eigenvalue weighted by molar-refractivity contribution is -0.147. The number of hydrogen-bond donors (Lipinski definition) is 0. The highest BCUT2D eigenvalue weighted by Crippen LogP contribution is 2.67. The third-order valence-electron chi connectivity index (χ3n) is 9.68. The number of fused-ring (bicyclic) bond motifs is 1. The summed E-state index contributed by atoms with van der Waals surface area (Å²) in [6.07, 6.45) is 2.00. The summed E-state index contributed by atoms with van der Waals surface area (Å²) in [5.74, 6) is 0.0846. The molecule has 1 spiro atoms. The second kappa shape index (κ2) is 11.8. The number of hydrogen-bond acceptors (Lipinski definition) is 6. The number of benzene rings is 5. The molecule has 0 unspecified atom stereocenters. The van der Waals surface area contributed by atoms with Crippen molar-refractivity contribution in [3.63, 3.8) is 0 Å². The molecule has 8 heteroatoms. The smallest absolute Gasteiger partial charge is 0.354 e. The summed E-state index contributed by atoms with van der Waals surface area (Å²) in [7, 11) is 0. The third kappa shape index (κ3) is 4.66. The van der Waals surface area contributed by atoms with E-state index in [-0.39, 0.29) is 0 Å². The average Bonchev–Trinajstić information content (AvgIpc) is 3.72. The van der Waals surface area contributed by atoms with Gasteiger partial charge >= 0.3 is 5.97 Å². The molecule has 3 heterocycles. The van der Waals surface area contributed by atoms with Crippen LogP contribution in [0.4, 0.5) is 0 Å². The molecular weight excluding hydrogens is 653 g/mol. The molecule has 0 N–H and O–H groups in total. The van der Waals surface area contributed by atoms with Crippen molar-refractivity contribution in [3.05, 3.63) is 181 Å². The molecule has 3 atom stereocenters. The highest BCUT2D eigenvalue weighted by Gasteiger charge is 2.76. The van der Waals surface area contributed by atoms with Crippen LogP contribution in [0.25, 0.3) is 6.08 Å². The predicted octanol–water partition coefficient (Wildman–Crippen LogP) is 9.55. The maximum absolute atomic E-state index is 15.0. The van der Waals surface area contributed by atoms with E-state index in [2.05, 4.69) is 43.0 Å². The Morgan fingerprint density at radius 3 is 1.98 bits per heavy atom. The number of carbonyl (C=O) groups is 1. The monoisotopic (exact) mass is 683 g/mol. The van der Waals surface area contributed by atoms with Gasteiger partial charge in [-0.2, -0.15) is 0 Å². The first-order chi connectivity index (χ1) is 23.7. The van der Waals surface area contributed by atoms with Gasteiger partial charge in [0.2, 0.25) is 0 Å². The van der Waals surface area contributed by atoms with Gasteiger partial charge in [-0.25, -0.2) is 4.79 Å². The first-order valence-electron chi connectivity index (χ1n) is 16.0. The van der Waals surface area contributed by atoms with Crippen molar-refractivity contribution in [1.82, 2.24) is 4.90 Å². The standard InChI is InChI=1S/C41H31Cl2N3O3/c1-25-22-26(2)35(27(3)23-25)38-45-49-41(31-12-8-5-9-13-31)34(24-28-14-18-32(42)19-15-28)40(37(46(38)41)30-16-20-33(43)21-17-30)36(44-48-39(40)47)29-10-6-4-7-11-29/h4-24,37H,1-3H3/b34-24+/t37-,40+,41+/m1/s1.